The molecule has 2 aromatic carbocycles. The van der Waals surface area contributed by atoms with Crippen molar-refractivity contribution in [2.45, 2.75) is 29.7 Å². The van der Waals surface area contributed by atoms with Crippen LogP contribution in [0.2, 0.25) is 0 Å². The first-order chi connectivity index (χ1) is 16.8. The average molecular weight is 577 g/mol. The van der Waals surface area contributed by atoms with Gasteiger partial charge in [0, 0.05) is 15.3 Å². The van der Waals surface area contributed by atoms with Gasteiger partial charge in [-0.2, -0.15) is 0 Å². The molecule has 1 fully saturated rings. The number of carbonyl (C=O) groups is 3. The lowest BCUT2D eigenvalue weighted by Gasteiger charge is -2.30. The second-order valence-electron chi connectivity index (χ2n) is 8.01. The molecule has 0 saturated carbocycles. The van der Waals surface area contributed by atoms with E-state index < -0.39 is 40.7 Å². The van der Waals surface area contributed by atoms with Gasteiger partial charge in [0.15, 0.2) is 0 Å². The number of imide groups is 1. The number of carbonyl (C=O) groups excluding carboxylic acids is 3. The summed E-state index contributed by atoms with van der Waals surface area (Å²) in [5.41, 5.74) is 1.05. The van der Waals surface area contributed by atoms with Gasteiger partial charge in [-0.25, -0.2) is 9.29 Å². The Bertz CT molecular complexity index is 1400. The molecular formula is C24H18BrFN2O5S2. The van der Waals surface area contributed by atoms with Crippen LogP contribution in [0.5, 0.6) is 0 Å². The van der Waals surface area contributed by atoms with E-state index in [-0.39, 0.29) is 23.7 Å². The molecule has 180 valence electrons. The van der Waals surface area contributed by atoms with E-state index in [2.05, 4.69) is 15.9 Å². The largest absolute Gasteiger partial charge is 0.465 e. The number of ether oxygens (including phenoxy) is 1. The predicted octanol–water partition coefficient (Wildman–Crippen LogP) is 4.17. The first kappa shape index (κ1) is 24.0. The number of esters is 1. The van der Waals surface area contributed by atoms with Crippen molar-refractivity contribution in [2.24, 2.45) is 5.92 Å². The number of nitrogens with zero attached hydrogens (tertiary/aromatic N) is 2. The van der Waals surface area contributed by atoms with Crippen LogP contribution < -0.4 is 9.77 Å². The predicted molar refractivity (Wildman–Crippen MR) is 133 cm³/mol. The van der Waals surface area contributed by atoms with Crippen LogP contribution in [0.15, 0.2) is 62.8 Å². The van der Waals surface area contributed by atoms with Gasteiger partial charge in [0.05, 0.1) is 23.2 Å². The summed E-state index contributed by atoms with van der Waals surface area (Å²) in [5, 5.41) is -0.326. The molecule has 7 nitrogen and oxygen atoms in total. The minimum absolute atomic E-state index is 0.179. The molecule has 1 saturated heterocycles. The third-order valence-corrected chi connectivity index (χ3v) is 9.03. The van der Waals surface area contributed by atoms with E-state index in [4.69, 9.17) is 4.74 Å². The highest BCUT2D eigenvalue weighted by Crippen LogP contribution is 2.54. The molecule has 0 aliphatic carbocycles. The molecule has 0 bridgehead atoms. The zero-order valence-electron chi connectivity index (χ0n) is 18.3. The molecule has 0 spiro atoms. The van der Waals surface area contributed by atoms with Gasteiger partial charge in [-0.15, -0.1) is 0 Å². The molecule has 2 aliphatic heterocycles. The SMILES string of the molecule is CCOC(=O)Cn1c2c(sc1=O)[C@H](c1cccc(Br)c1)C1C(=O)N(c3ccc(F)cc3)C(=O)C1S2. The van der Waals surface area contributed by atoms with Gasteiger partial charge in [-0.1, -0.05) is 51.2 Å². The Labute approximate surface area is 216 Å². The molecule has 1 aromatic heterocycles. The van der Waals surface area contributed by atoms with E-state index in [1.54, 1.807) is 6.92 Å². The van der Waals surface area contributed by atoms with Gasteiger partial charge in [0.2, 0.25) is 11.8 Å². The highest BCUT2D eigenvalue weighted by atomic mass is 79.9. The van der Waals surface area contributed by atoms with Crippen molar-refractivity contribution in [1.82, 2.24) is 4.57 Å². The van der Waals surface area contributed by atoms with Crippen LogP contribution in [0.1, 0.15) is 23.3 Å². The summed E-state index contributed by atoms with van der Waals surface area (Å²) in [6.07, 6.45) is 0. The summed E-state index contributed by atoms with van der Waals surface area (Å²) in [5.74, 6) is -3.23. The van der Waals surface area contributed by atoms with Gasteiger partial charge in [0.25, 0.3) is 0 Å². The van der Waals surface area contributed by atoms with Crippen LogP contribution in [0, 0.1) is 11.7 Å². The zero-order chi connectivity index (χ0) is 24.9. The maximum absolute atomic E-state index is 13.7. The number of hydrogen-bond donors (Lipinski definition) is 0. The highest BCUT2D eigenvalue weighted by molar-refractivity contribution is 9.10. The Kier molecular flexibility index (Phi) is 6.41. The maximum atomic E-state index is 13.7. The van der Waals surface area contributed by atoms with Crippen molar-refractivity contribution in [3.8, 4) is 0 Å². The standard InChI is InChI=1S/C24H18BrFN2O5S2/c1-2-33-16(29)11-27-23-20(35-24(27)32)17(12-4-3-5-13(25)10-12)18-19(34-23)22(31)28(21(18)30)15-8-6-14(26)7-9-15/h3-10,17-19H,2,11H2,1H3/t17-,18?,19?/m1/s1. The molecule has 3 heterocycles. The molecule has 3 atom stereocenters. The van der Waals surface area contributed by atoms with Crippen molar-refractivity contribution in [1.29, 1.82) is 0 Å². The van der Waals surface area contributed by atoms with Crippen molar-refractivity contribution in [3.63, 3.8) is 0 Å². The van der Waals surface area contributed by atoms with E-state index in [0.717, 1.165) is 38.0 Å². The first-order valence-corrected chi connectivity index (χ1v) is 13.2. The monoisotopic (exact) mass is 576 g/mol. The first-order valence-electron chi connectivity index (χ1n) is 10.7. The molecule has 2 unspecified atom stereocenters. The summed E-state index contributed by atoms with van der Waals surface area (Å²) in [6, 6.07) is 12.6. The number of amides is 2. The topological polar surface area (TPSA) is 85.7 Å². The van der Waals surface area contributed by atoms with Crippen molar-refractivity contribution in [3.05, 3.63) is 78.9 Å². The Hall–Kier alpha value is -2.76. The molecule has 2 amide bonds. The number of fused-ring (bicyclic) bond motifs is 2. The zero-order valence-corrected chi connectivity index (χ0v) is 21.5. The molecule has 3 aromatic rings. The summed E-state index contributed by atoms with van der Waals surface area (Å²) >= 11 is 5.55. The number of benzene rings is 2. The molecule has 11 heteroatoms. The fourth-order valence-corrected chi connectivity index (χ4v) is 7.68. The lowest BCUT2D eigenvalue weighted by molar-refractivity contribution is -0.144. The van der Waals surface area contributed by atoms with Crippen LogP contribution in [-0.4, -0.2) is 34.2 Å². The molecular weight excluding hydrogens is 559 g/mol. The second kappa shape index (κ2) is 9.36. The van der Waals surface area contributed by atoms with E-state index in [1.807, 2.05) is 24.3 Å². The van der Waals surface area contributed by atoms with E-state index in [1.165, 1.54) is 28.8 Å². The van der Waals surface area contributed by atoms with Crippen LogP contribution in [0.4, 0.5) is 10.1 Å². The Morgan fingerprint density at radius 2 is 1.86 bits per heavy atom. The third-order valence-electron chi connectivity index (χ3n) is 5.93. The van der Waals surface area contributed by atoms with Crippen molar-refractivity contribution in [2.75, 3.05) is 11.5 Å². The fraction of sp³-hybridized carbons (Fsp3) is 0.250. The smallest absolute Gasteiger partial charge is 0.326 e. The lowest BCUT2D eigenvalue weighted by Crippen LogP contribution is -2.32. The summed E-state index contributed by atoms with van der Waals surface area (Å²) in [4.78, 5) is 53.7. The van der Waals surface area contributed by atoms with Crippen LogP contribution in [-0.2, 0) is 25.7 Å². The summed E-state index contributed by atoms with van der Waals surface area (Å²) in [6.45, 7) is 1.58. The minimum atomic E-state index is -0.813. The number of anilines is 1. The van der Waals surface area contributed by atoms with Crippen LogP contribution in [0.3, 0.4) is 0 Å². The second-order valence-corrected chi connectivity index (χ2v) is 11.1. The number of thioether (sulfide) groups is 1. The van der Waals surface area contributed by atoms with Crippen molar-refractivity contribution < 1.29 is 23.5 Å². The van der Waals surface area contributed by atoms with Crippen LogP contribution >= 0.6 is 39.0 Å². The van der Waals surface area contributed by atoms with Gasteiger partial charge in [-0.3, -0.25) is 23.7 Å². The normalized spacial score (nSPS) is 21.1. The molecule has 0 N–H and O–H groups in total. The summed E-state index contributed by atoms with van der Waals surface area (Å²) < 4.78 is 20.6. The Morgan fingerprint density at radius 1 is 1.11 bits per heavy atom. The number of rotatable bonds is 5. The molecule has 0 radical (unpaired) electrons. The molecule has 35 heavy (non-hydrogen) atoms. The number of aromatic nitrogens is 1. The Morgan fingerprint density at radius 3 is 2.54 bits per heavy atom. The molecule has 5 rings (SSSR count). The number of hydrogen-bond acceptors (Lipinski definition) is 7. The van der Waals surface area contributed by atoms with Gasteiger partial charge in [-0.05, 0) is 48.9 Å². The quantitative estimate of drug-likeness (QED) is 0.335. The van der Waals surface area contributed by atoms with E-state index in [9.17, 15) is 23.6 Å². The van der Waals surface area contributed by atoms with Crippen molar-refractivity contribution >= 4 is 62.5 Å². The third kappa shape index (κ3) is 4.15. The van der Waals surface area contributed by atoms with Crippen LogP contribution in [0.25, 0.3) is 0 Å². The maximum Gasteiger partial charge on any atom is 0.326 e. The minimum Gasteiger partial charge on any atom is -0.465 e. The van der Waals surface area contributed by atoms with Gasteiger partial charge < -0.3 is 4.74 Å². The highest BCUT2D eigenvalue weighted by Gasteiger charge is 2.56. The summed E-state index contributed by atoms with van der Waals surface area (Å²) in [7, 11) is 0. The number of halogens is 2. The number of thiazole rings is 1. The fourth-order valence-electron chi connectivity index (χ4n) is 4.49. The van der Waals surface area contributed by atoms with Gasteiger partial charge in [0.1, 0.15) is 17.6 Å². The van der Waals surface area contributed by atoms with E-state index in [0.29, 0.717) is 9.90 Å². The molecule has 2 aliphatic rings. The Balaban J connectivity index is 1.65. The average Bonchev–Trinajstić information content (AvgIpc) is 3.26. The van der Waals surface area contributed by atoms with Gasteiger partial charge >= 0.3 is 10.8 Å². The van der Waals surface area contributed by atoms with E-state index >= 15 is 0 Å². The lowest BCUT2D eigenvalue weighted by atomic mass is 9.83.